The van der Waals surface area contributed by atoms with Crippen molar-refractivity contribution in [3.8, 4) is 34.3 Å². The number of hydrogen-bond acceptors (Lipinski definition) is 4. The summed E-state index contributed by atoms with van der Waals surface area (Å²) in [5.41, 5.74) is 6.20. The standard InChI is InChI=1S/C31H28NO4.BrH/c1-4-8-19-15-22-21-11-12-23(33-2)30(34-3)27(21)28(18-9-6-5-7-10-18)32-14-13-20-16-24-31(36-17-35-24)26(19)25(20)29(22)32;/h5-7,9-12,15-16H,4,8,13-14,17H2,1-3H3;1H/q+1;/p-1. The molecule has 0 fully saturated rings. The van der Waals surface area contributed by atoms with Crippen LogP contribution in [0.5, 0.6) is 23.0 Å². The van der Waals surface area contributed by atoms with Crippen LogP contribution in [0.15, 0.2) is 54.6 Å². The summed E-state index contributed by atoms with van der Waals surface area (Å²) < 4.78 is 26.2. The molecule has 0 N–H and O–H groups in total. The molecular weight excluding hydrogens is 530 g/mol. The maximum atomic E-state index is 6.07. The highest BCUT2D eigenvalue weighted by Crippen LogP contribution is 2.49. The van der Waals surface area contributed by atoms with Gasteiger partial charge in [0.05, 0.1) is 25.0 Å². The van der Waals surface area contributed by atoms with E-state index < -0.39 is 0 Å². The molecule has 5 aromatic rings. The molecule has 0 saturated carbocycles. The van der Waals surface area contributed by atoms with Gasteiger partial charge in [0, 0.05) is 22.8 Å². The topological polar surface area (TPSA) is 40.8 Å². The summed E-state index contributed by atoms with van der Waals surface area (Å²) in [6.45, 7) is 3.38. The van der Waals surface area contributed by atoms with E-state index in [2.05, 4.69) is 60.0 Å². The molecule has 6 heteroatoms. The van der Waals surface area contributed by atoms with Crippen LogP contribution in [-0.2, 0) is 19.4 Å². The van der Waals surface area contributed by atoms with Gasteiger partial charge in [0.15, 0.2) is 29.5 Å². The highest BCUT2D eigenvalue weighted by molar-refractivity contribution is 6.20. The Kier molecular flexibility index (Phi) is 5.87. The molecule has 0 radical (unpaired) electrons. The zero-order valence-corrected chi connectivity index (χ0v) is 22.8. The Morgan fingerprint density at radius 2 is 1.73 bits per heavy atom. The van der Waals surface area contributed by atoms with Gasteiger partial charge in [-0.3, -0.25) is 0 Å². The van der Waals surface area contributed by atoms with E-state index in [-0.39, 0.29) is 23.8 Å². The second-order valence-corrected chi connectivity index (χ2v) is 9.54. The molecule has 2 aliphatic rings. The van der Waals surface area contributed by atoms with Gasteiger partial charge in [-0.2, -0.15) is 4.57 Å². The third-order valence-electron chi connectivity index (χ3n) is 7.66. The van der Waals surface area contributed by atoms with E-state index in [0.29, 0.717) is 0 Å². The van der Waals surface area contributed by atoms with Crippen LogP contribution in [0.4, 0.5) is 0 Å². The molecule has 37 heavy (non-hydrogen) atoms. The number of aryl methyl sites for hydroxylation is 3. The number of methoxy groups -OCH3 is 2. The second-order valence-electron chi connectivity index (χ2n) is 9.54. The minimum atomic E-state index is 0. The number of halogens is 1. The molecule has 0 bridgehead atoms. The Labute approximate surface area is 226 Å². The Hall–Kier alpha value is -3.51. The lowest BCUT2D eigenvalue weighted by Crippen LogP contribution is -3.00. The largest absolute Gasteiger partial charge is 1.00 e. The molecule has 0 atom stereocenters. The van der Waals surface area contributed by atoms with Gasteiger partial charge < -0.3 is 35.9 Å². The number of fused-ring (bicyclic) bond motifs is 4. The lowest BCUT2D eigenvalue weighted by Gasteiger charge is -2.22. The SMILES string of the molecule is CCCc1cc2c3ccc(OC)c(OC)c3c(-c3ccccc3)[n+]3c2c2c(cc4c(c12)OCO4)CC3.[Br-]. The van der Waals surface area contributed by atoms with E-state index >= 15 is 0 Å². The molecular formula is C31H28BrNO4. The van der Waals surface area contributed by atoms with Crippen molar-refractivity contribution in [2.24, 2.45) is 0 Å². The lowest BCUT2D eigenvalue weighted by atomic mass is 9.87. The highest BCUT2D eigenvalue weighted by atomic mass is 79.9. The van der Waals surface area contributed by atoms with Gasteiger partial charge in [0.2, 0.25) is 18.0 Å². The van der Waals surface area contributed by atoms with Gasteiger partial charge in [0.1, 0.15) is 5.39 Å². The zero-order valence-electron chi connectivity index (χ0n) is 21.2. The van der Waals surface area contributed by atoms with Crippen LogP contribution < -0.4 is 40.5 Å². The fourth-order valence-corrected chi connectivity index (χ4v) is 6.26. The number of rotatable bonds is 5. The Bertz CT molecular complexity index is 1700. The van der Waals surface area contributed by atoms with Crippen LogP contribution in [0, 0.1) is 0 Å². The number of ether oxygens (including phenoxy) is 4. The van der Waals surface area contributed by atoms with Gasteiger partial charge in [-0.25, -0.2) is 0 Å². The average Bonchev–Trinajstić information content (AvgIpc) is 3.39. The molecule has 2 aliphatic heterocycles. The lowest BCUT2D eigenvalue weighted by molar-refractivity contribution is -0.659. The van der Waals surface area contributed by atoms with E-state index in [9.17, 15) is 0 Å². The smallest absolute Gasteiger partial charge is 0.231 e. The third kappa shape index (κ3) is 3.31. The van der Waals surface area contributed by atoms with Crippen molar-refractivity contribution >= 4 is 32.4 Å². The van der Waals surface area contributed by atoms with Crippen LogP contribution >= 0.6 is 0 Å². The molecule has 1 aromatic heterocycles. The molecule has 0 amide bonds. The van der Waals surface area contributed by atoms with Gasteiger partial charge in [-0.15, -0.1) is 0 Å². The van der Waals surface area contributed by atoms with Crippen molar-refractivity contribution < 1.29 is 40.5 Å². The zero-order chi connectivity index (χ0) is 24.4. The predicted molar refractivity (Wildman–Crippen MR) is 142 cm³/mol. The van der Waals surface area contributed by atoms with Crippen molar-refractivity contribution in [2.75, 3.05) is 21.0 Å². The predicted octanol–water partition coefficient (Wildman–Crippen LogP) is 3.36. The number of aromatic nitrogens is 1. The van der Waals surface area contributed by atoms with E-state index in [0.717, 1.165) is 65.4 Å². The molecule has 188 valence electrons. The third-order valence-corrected chi connectivity index (χ3v) is 7.66. The second kappa shape index (κ2) is 9.10. The minimum Gasteiger partial charge on any atom is -1.00 e. The normalized spacial score (nSPS) is 13.4. The van der Waals surface area contributed by atoms with E-state index in [1.807, 2.05) is 6.07 Å². The van der Waals surface area contributed by atoms with Crippen molar-refractivity contribution in [1.82, 2.24) is 0 Å². The van der Waals surface area contributed by atoms with Crippen LogP contribution in [0.1, 0.15) is 24.5 Å². The Balaban J connectivity index is 0.00000252. The summed E-state index contributed by atoms with van der Waals surface area (Å²) in [5.74, 6) is 3.27. The van der Waals surface area contributed by atoms with Gasteiger partial charge in [-0.1, -0.05) is 31.5 Å². The minimum absolute atomic E-state index is 0. The number of pyridine rings is 1. The molecule has 0 saturated heterocycles. The Morgan fingerprint density at radius 3 is 2.49 bits per heavy atom. The summed E-state index contributed by atoms with van der Waals surface area (Å²) in [4.78, 5) is 0. The van der Waals surface area contributed by atoms with Crippen LogP contribution in [0.25, 0.3) is 43.7 Å². The first-order valence-corrected chi connectivity index (χ1v) is 12.6. The highest BCUT2D eigenvalue weighted by Gasteiger charge is 2.35. The molecule has 0 spiro atoms. The van der Waals surface area contributed by atoms with E-state index in [1.165, 1.54) is 38.2 Å². The van der Waals surface area contributed by atoms with Crippen LogP contribution in [0.3, 0.4) is 0 Å². The summed E-state index contributed by atoms with van der Waals surface area (Å²) in [6.07, 6.45) is 2.95. The fourth-order valence-electron chi connectivity index (χ4n) is 6.26. The first-order chi connectivity index (χ1) is 17.7. The average molecular weight is 558 g/mol. The van der Waals surface area contributed by atoms with Crippen molar-refractivity contribution in [3.05, 3.63) is 65.7 Å². The number of nitrogens with zero attached hydrogens (tertiary/aromatic N) is 1. The van der Waals surface area contributed by atoms with Gasteiger partial charge >= 0.3 is 0 Å². The monoisotopic (exact) mass is 557 g/mol. The molecule has 5 nitrogen and oxygen atoms in total. The summed E-state index contributed by atoms with van der Waals surface area (Å²) in [5, 5.41) is 5.99. The van der Waals surface area contributed by atoms with E-state index in [4.69, 9.17) is 18.9 Å². The summed E-state index contributed by atoms with van der Waals surface area (Å²) in [7, 11) is 3.43. The molecule has 4 aromatic carbocycles. The molecule has 0 unspecified atom stereocenters. The number of hydrogen-bond donors (Lipinski definition) is 0. The first kappa shape index (κ1) is 23.9. The van der Waals surface area contributed by atoms with Crippen molar-refractivity contribution in [3.63, 3.8) is 0 Å². The van der Waals surface area contributed by atoms with E-state index in [1.54, 1.807) is 14.2 Å². The van der Waals surface area contributed by atoms with Crippen molar-refractivity contribution in [2.45, 2.75) is 32.7 Å². The molecule has 7 rings (SSSR count). The fraction of sp³-hybridized carbons (Fsp3) is 0.258. The van der Waals surface area contributed by atoms with Crippen LogP contribution in [0.2, 0.25) is 0 Å². The molecule has 0 aliphatic carbocycles. The summed E-state index contributed by atoms with van der Waals surface area (Å²) >= 11 is 0. The van der Waals surface area contributed by atoms with Crippen molar-refractivity contribution in [1.29, 1.82) is 0 Å². The maximum absolute atomic E-state index is 6.07. The van der Waals surface area contributed by atoms with Crippen LogP contribution in [-0.4, -0.2) is 21.0 Å². The summed E-state index contributed by atoms with van der Waals surface area (Å²) in [6, 6.07) is 19.4. The van der Waals surface area contributed by atoms with Gasteiger partial charge in [-0.05, 0) is 53.9 Å². The maximum Gasteiger partial charge on any atom is 0.231 e. The Morgan fingerprint density at radius 1 is 0.892 bits per heavy atom. The molecule has 3 heterocycles. The van der Waals surface area contributed by atoms with Gasteiger partial charge in [0.25, 0.3) is 0 Å². The first-order valence-electron chi connectivity index (χ1n) is 12.6. The number of benzene rings is 4. The quantitative estimate of drug-likeness (QED) is 0.245.